The van der Waals surface area contributed by atoms with E-state index in [1.807, 2.05) is 17.9 Å². The van der Waals surface area contributed by atoms with Crippen molar-refractivity contribution in [1.29, 1.82) is 0 Å². The molecule has 1 aliphatic heterocycles. The summed E-state index contributed by atoms with van der Waals surface area (Å²) in [7, 11) is 5.92. The summed E-state index contributed by atoms with van der Waals surface area (Å²) in [5, 5.41) is 5.52. The number of hydrogen-bond acceptors (Lipinski definition) is 6. The lowest BCUT2D eigenvalue weighted by Gasteiger charge is -2.24. The second-order valence-corrected chi connectivity index (χ2v) is 8.22. The average molecular weight is 373 g/mol. The highest BCUT2D eigenvalue weighted by Crippen LogP contribution is 2.35. The zero-order chi connectivity index (χ0) is 18.8. The second-order valence-electron chi connectivity index (χ2n) is 8.22. The van der Waals surface area contributed by atoms with Crippen LogP contribution in [0.25, 0.3) is 11.0 Å². The molecule has 0 N–H and O–H groups in total. The quantitative estimate of drug-likeness (QED) is 0.744. The minimum absolute atomic E-state index is 0.507. The first-order valence-corrected chi connectivity index (χ1v) is 10.3. The molecule has 7 heteroatoms. The topological polar surface area (TPSA) is 59.3 Å². The van der Waals surface area contributed by atoms with Crippen LogP contribution < -0.4 is 4.90 Å². The third kappa shape index (κ3) is 3.94. The van der Waals surface area contributed by atoms with Crippen molar-refractivity contribution in [1.82, 2.24) is 24.6 Å². The van der Waals surface area contributed by atoms with Gasteiger partial charge in [0.25, 0.3) is 0 Å². The molecular formula is C20H32N6O. The van der Waals surface area contributed by atoms with Crippen molar-refractivity contribution < 1.29 is 4.74 Å². The van der Waals surface area contributed by atoms with Gasteiger partial charge in [-0.3, -0.25) is 4.68 Å². The zero-order valence-corrected chi connectivity index (χ0v) is 16.9. The summed E-state index contributed by atoms with van der Waals surface area (Å²) < 4.78 is 7.11. The maximum absolute atomic E-state index is 5.22. The van der Waals surface area contributed by atoms with E-state index in [2.05, 4.69) is 21.9 Å². The van der Waals surface area contributed by atoms with Crippen LogP contribution in [-0.4, -0.2) is 71.6 Å². The summed E-state index contributed by atoms with van der Waals surface area (Å²) in [5.74, 6) is 3.24. The summed E-state index contributed by atoms with van der Waals surface area (Å²) in [6, 6.07) is 0. The Morgan fingerprint density at radius 3 is 2.81 bits per heavy atom. The fourth-order valence-electron chi connectivity index (χ4n) is 4.64. The normalized spacial score (nSPS) is 21.5. The first-order chi connectivity index (χ1) is 13.2. The molecule has 1 saturated heterocycles. The van der Waals surface area contributed by atoms with Gasteiger partial charge in [-0.1, -0.05) is 12.8 Å². The minimum atomic E-state index is 0.507. The first-order valence-electron chi connectivity index (χ1n) is 10.3. The van der Waals surface area contributed by atoms with Crippen molar-refractivity contribution >= 4 is 16.9 Å². The molecule has 27 heavy (non-hydrogen) atoms. The van der Waals surface area contributed by atoms with Crippen LogP contribution in [0.4, 0.5) is 5.82 Å². The number of aromatic nitrogens is 4. The highest BCUT2D eigenvalue weighted by molar-refractivity contribution is 5.86. The van der Waals surface area contributed by atoms with Gasteiger partial charge in [-0.15, -0.1) is 0 Å². The number of ether oxygens (including phenoxy) is 1. The molecule has 1 atom stereocenters. The molecule has 0 bridgehead atoms. The largest absolute Gasteiger partial charge is 0.383 e. The maximum atomic E-state index is 5.22. The van der Waals surface area contributed by atoms with Crippen LogP contribution >= 0.6 is 0 Å². The van der Waals surface area contributed by atoms with Crippen LogP contribution in [-0.2, 0) is 11.8 Å². The molecule has 2 aromatic heterocycles. The van der Waals surface area contributed by atoms with Crippen molar-refractivity contribution in [3.63, 3.8) is 0 Å². The predicted octanol–water partition coefficient (Wildman–Crippen LogP) is 2.43. The lowest BCUT2D eigenvalue weighted by Crippen LogP contribution is -2.30. The molecule has 0 amide bonds. The van der Waals surface area contributed by atoms with Crippen molar-refractivity contribution in [3.8, 4) is 0 Å². The summed E-state index contributed by atoms with van der Waals surface area (Å²) in [6.07, 6.45) is 8.17. The van der Waals surface area contributed by atoms with E-state index in [9.17, 15) is 0 Å². The number of fused-ring (bicyclic) bond motifs is 1. The number of hydrogen-bond donors (Lipinski definition) is 0. The molecule has 2 aliphatic rings. The van der Waals surface area contributed by atoms with Gasteiger partial charge < -0.3 is 14.5 Å². The zero-order valence-electron chi connectivity index (χ0n) is 16.9. The van der Waals surface area contributed by atoms with Gasteiger partial charge in [0.1, 0.15) is 11.6 Å². The fraction of sp³-hybridized carbons (Fsp3) is 0.750. The predicted molar refractivity (Wildman–Crippen MR) is 107 cm³/mol. The Bertz CT molecular complexity index is 769. The van der Waals surface area contributed by atoms with Crippen LogP contribution in [0.2, 0.25) is 0 Å². The molecule has 0 radical (unpaired) electrons. The molecule has 0 aromatic carbocycles. The summed E-state index contributed by atoms with van der Waals surface area (Å²) in [6.45, 7) is 5.18. The van der Waals surface area contributed by atoms with E-state index < -0.39 is 0 Å². The third-order valence-corrected chi connectivity index (χ3v) is 6.18. The van der Waals surface area contributed by atoms with E-state index in [1.165, 1.54) is 38.6 Å². The van der Waals surface area contributed by atoms with Gasteiger partial charge in [0, 0.05) is 46.8 Å². The average Bonchev–Trinajstić information content (AvgIpc) is 3.41. The van der Waals surface area contributed by atoms with E-state index >= 15 is 0 Å². The van der Waals surface area contributed by atoms with E-state index in [1.54, 1.807) is 7.11 Å². The van der Waals surface area contributed by atoms with Crippen LogP contribution in [0.3, 0.4) is 0 Å². The van der Waals surface area contributed by atoms with Crippen LogP contribution in [0.1, 0.15) is 43.8 Å². The Labute approximate surface area is 161 Å². The van der Waals surface area contributed by atoms with Crippen molar-refractivity contribution in [2.24, 2.45) is 13.0 Å². The van der Waals surface area contributed by atoms with Gasteiger partial charge in [-0.2, -0.15) is 5.10 Å². The van der Waals surface area contributed by atoms with Crippen LogP contribution in [0, 0.1) is 5.92 Å². The molecule has 148 valence electrons. The van der Waals surface area contributed by atoms with Crippen LogP contribution in [0.15, 0.2) is 6.20 Å². The molecule has 2 fully saturated rings. The van der Waals surface area contributed by atoms with Gasteiger partial charge in [0.05, 0.1) is 18.2 Å². The third-order valence-electron chi connectivity index (χ3n) is 6.18. The lowest BCUT2D eigenvalue weighted by molar-refractivity contribution is 0.159. The number of rotatable bonds is 7. The molecule has 4 rings (SSSR count). The van der Waals surface area contributed by atoms with Crippen molar-refractivity contribution in [2.75, 3.05) is 51.8 Å². The molecule has 1 aliphatic carbocycles. The summed E-state index contributed by atoms with van der Waals surface area (Å²) in [5.41, 5.74) is 0.960. The fourth-order valence-corrected chi connectivity index (χ4v) is 4.64. The Balaban J connectivity index is 1.53. The van der Waals surface area contributed by atoms with E-state index in [4.69, 9.17) is 14.7 Å². The Kier molecular flexibility index (Phi) is 5.59. The molecule has 2 aromatic rings. The number of nitrogens with zero attached hydrogens (tertiary/aromatic N) is 6. The van der Waals surface area contributed by atoms with E-state index in [-0.39, 0.29) is 0 Å². The van der Waals surface area contributed by atoms with Crippen molar-refractivity contribution in [3.05, 3.63) is 12.0 Å². The van der Waals surface area contributed by atoms with Gasteiger partial charge in [0.2, 0.25) is 0 Å². The summed E-state index contributed by atoms with van der Waals surface area (Å²) >= 11 is 0. The highest BCUT2D eigenvalue weighted by atomic mass is 16.5. The van der Waals surface area contributed by atoms with Gasteiger partial charge >= 0.3 is 0 Å². The molecule has 0 unspecified atom stereocenters. The number of likely N-dealkylation sites (tertiary alicyclic amines) is 1. The lowest BCUT2D eigenvalue weighted by atomic mass is 10.1. The monoisotopic (exact) mass is 372 g/mol. The van der Waals surface area contributed by atoms with Gasteiger partial charge in [0.15, 0.2) is 5.65 Å². The minimum Gasteiger partial charge on any atom is -0.383 e. The number of aryl methyl sites for hydroxylation is 1. The van der Waals surface area contributed by atoms with Crippen molar-refractivity contribution in [2.45, 2.75) is 38.0 Å². The molecule has 1 saturated carbocycles. The molecule has 3 heterocycles. The maximum Gasteiger partial charge on any atom is 0.163 e. The van der Waals surface area contributed by atoms with E-state index in [0.29, 0.717) is 11.8 Å². The molecule has 7 nitrogen and oxygen atoms in total. The van der Waals surface area contributed by atoms with Gasteiger partial charge in [-0.25, -0.2) is 9.97 Å². The standard InChI is InChI=1S/C20H32N6O/c1-24(13-15-8-9-26(14-15)10-11-27-3)19-17-12-21-25(2)20(17)23-18(22-19)16-6-4-5-7-16/h12,15-16H,4-11,13-14H2,1-3H3/t15-/m0/s1. The van der Waals surface area contributed by atoms with E-state index in [0.717, 1.165) is 48.9 Å². The Morgan fingerprint density at radius 1 is 1.22 bits per heavy atom. The smallest absolute Gasteiger partial charge is 0.163 e. The number of methoxy groups -OCH3 is 1. The SMILES string of the molecule is COCCN1CC[C@@H](CN(C)c2nc(C3CCCC3)nc3c2cnn3C)C1. The summed E-state index contributed by atoms with van der Waals surface area (Å²) in [4.78, 5) is 14.7. The Morgan fingerprint density at radius 2 is 2.04 bits per heavy atom. The second kappa shape index (κ2) is 8.10. The number of anilines is 1. The highest BCUT2D eigenvalue weighted by Gasteiger charge is 2.26. The van der Waals surface area contributed by atoms with Crippen LogP contribution in [0.5, 0.6) is 0 Å². The molecular weight excluding hydrogens is 340 g/mol. The molecule has 0 spiro atoms. The first kappa shape index (κ1) is 18.6. The van der Waals surface area contributed by atoms with Gasteiger partial charge in [-0.05, 0) is 31.7 Å². The Hall–Kier alpha value is -1.73.